The second-order valence-corrected chi connectivity index (χ2v) is 18.1. The molecular formula is C65H38. The fraction of sp³-hybridized carbons (Fsp3) is 0.0154. The number of hydrogen-bond donors (Lipinski definition) is 0. The molecule has 11 aromatic carbocycles. The number of allylic oxidation sites excluding steroid dienone is 3. The van der Waals surface area contributed by atoms with Crippen LogP contribution >= 0.6 is 0 Å². The highest BCUT2D eigenvalue weighted by atomic mass is 14.4. The molecule has 0 aromatic heterocycles. The van der Waals surface area contributed by atoms with Crippen LogP contribution in [0.4, 0.5) is 0 Å². The minimum atomic E-state index is 0.868. The standard InChI is InChI=1S/C65H38/c1-5-17-38(18-6-1)55-45-25-13-14-26-46(45)56(39-19-7-2-8-20-39)63-51-35-32-44-49-33-36-53-61-52(34-31-43(60(49)61)42-29-30-50(62(55)63)59(51)54(44)37-42)64-57(40-21-9-3-10-22-40)47-27-15-16-28-48(47)58(65(53)64)41-23-11-4-12-24-41/h1-36H,37H2. The van der Waals surface area contributed by atoms with Gasteiger partial charge >= 0.3 is 0 Å². The van der Waals surface area contributed by atoms with Crippen LogP contribution in [-0.4, -0.2) is 0 Å². The van der Waals surface area contributed by atoms with Crippen LogP contribution in [-0.2, 0) is 6.42 Å². The molecule has 0 atom stereocenters. The predicted octanol–water partition coefficient (Wildman–Crippen LogP) is 17.5. The van der Waals surface area contributed by atoms with Gasteiger partial charge in [-0.3, -0.25) is 0 Å². The Hall–Kier alpha value is -8.32. The van der Waals surface area contributed by atoms with Crippen LogP contribution in [0.25, 0.3) is 132 Å². The summed E-state index contributed by atoms with van der Waals surface area (Å²) in [5, 5.41) is 7.90. The van der Waals surface area contributed by atoms with Gasteiger partial charge in [-0.25, -0.2) is 0 Å². The minimum absolute atomic E-state index is 0.868. The fourth-order valence-electron chi connectivity index (χ4n) is 12.5. The van der Waals surface area contributed by atoms with Gasteiger partial charge in [-0.05, 0) is 161 Å². The average Bonchev–Trinajstić information content (AvgIpc) is 3.73. The van der Waals surface area contributed by atoms with E-state index in [1.54, 1.807) is 0 Å². The maximum absolute atomic E-state index is 2.48. The van der Waals surface area contributed by atoms with Gasteiger partial charge in [-0.2, -0.15) is 0 Å². The molecule has 0 heterocycles. The molecule has 0 fully saturated rings. The highest BCUT2D eigenvalue weighted by molar-refractivity contribution is 6.31. The van der Waals surface area contributed by atoms with Crippen molar-refractivity contribution in [3.05, 3.63) is 241 Å². The van der Waals surface area contributed by atoms with Crippen molar-refractivity contribution >= 4 is 43.5 Å². The Bertz CT molecular complexity index is 3870. The summed E-state index contributed by atoms with van der Waals surface area (Å²) in [5.74, 6) is 0. The van der Waals surface area contributed by atoms with E-state index in [-0.39, 0.29) is 0 Å². The molecule has 4 aliphatic carbocycles. The van der Waals surface area contributed by atoms with E-state index in [2.05, 4.69) is 218 Å². The zero-order valence-corrected chi connectivity index (χ0v) is 35.5. The van der Waals surface area contributed by atoms with Crippen LogP contribution < -0.4 is 0 Å². The topological polar surface area (TPSA) is 0 Å². The molecule has 11 aromatic rings. The van der Waals surface area contributed by atoms with Gasteiger partial charge in [0.25, 0.3) is 0 Å². The Morgan fingerprint density at radius 3 is 1.06 bits per heavy atom. The van der Waals surface area contributed by atoms with Crippen LogP contribution in [0.3, 0.4) is 0 Å². The first-order chi connectivity index (χ1) is 32.3. The minimum Gasteiger partial charge on any atom is -0.0622 e. The van der Waals surface area contributed by atoms with E-state index in [0.717, 1.165) is 6.42 Å². The molecular weight excluding hydrogens is 781 g/mol. The molecule has 298 valence electrons. The molecule has 0 amide bonds. The normalized spacial score (nSPS) is 13.4. The SMILES string of the molecule is C1=C2c3c(ccc4c3CC(=C1)c1ccc3c5c(ccc-4c15)-c1c-3c(-c3ccccc3)c3ccccc3c1-c1ccccc1)-c1c2c(-c2ccccc2)c2ccccc2c1-c1ccccc1. The number of fused-ring (bicyclic) bond motifs is 11. The summed E-state index contributed by atoms with van der Waals surface area (Å²) in [5.41, 5.74) is 29.2. The zero-order chi connectivity index (χ0) is 42.3. The molecule has 4 aliphatic rings. The van der Waals surface area contributed by atoms with Crippen molar-refractivity contribution in [2.24, 2.45) is 0 Å². The molecule has 0 spiro atoms. The van der Waals surface area contributed by atoms with Crippen LogP contribution in [0.1, 0.15) is 22.3 Å². The average molecular weight is 819 g/mol. The second kappa shape index (κ2) is 13.1. The third-order valence-electron chi connectivity index (χ3n) is 15.0. The predicted molar refractivity (Wildman–Crippen MR) is 275 cm³/mol. The summed E-state index contributed by atoms with van der Waals surface area (Å²) in [6.07, 6.45) is 5.82. The van der Waals surface area contributed by atoms with E-state index in [1.807, 2.05) is 0 Å². The molecule has 0 N–H and O–H groups in total. The lowest BCUT2D eigenvalue weighted by Gasteiger charge is -2.20. The number of rotatable bonds is 4. The van der Waals surface area contributed by atoms with Gasteiger partial charge < -0.3 is 0 Å². The number of hydrogen-bond acceptors (Lipinski definition) is 0. The summed E-state index contributed by atoms with van der Waals surface area (Å²) in [4.78, 5) is 0. The smallest absolute Gasteiger partial charge is 0.000705 e. The van der Waals surface area contributed by atoms with Crippen LogP contribution in [0, 0.1) is 0 Å². The van der Waals surface area contributed by atoms with Crippen molar-refractivity contribution in [1.82, 2.24) is 0 Å². The van der Waals surface area contributed by atoms with Crippen molar-refractivity contribution in [2.75, 3.05) is 0 Å². The molecule has 0 heteroatoms. The van der Waals surface area contributed by atoms with E-state index in [1.165, 1.54) is 155 Å². The van der Waals surface area contributed by atoms with E-state index >= 15 is 0 Å². The van der Waals surface area contributed by atoms with Gasteiger partial charge in [0, 0.05) is 0 Å². The third-order valence-corrected chi connectivity index (χ3v) is 15.0. The highest BCUT2D eigenvalue weighted by Crippen LogP contribution is 2.63. The van der Waals surface area contributed by atoms with Crippen molar-refractivity contribution < 1.29 is 0 Å². The molecule has 65 heavy (non-hydrogen) atoms. The zero-order valence-electron chi connectivity index (χ0n) is 35.5. The van der Waals surface area contributed by atoms with Gasteiger partial charge in [0.2, 0.25) is 0 Å². The Labute approximate surface area is 377 Å². The molecule has 15 rings (SSSR count). The van der Waals surface area contributed by atoms with Crippen molar-refractivity contribution in [3.63, 3.8) is 0 Å². The first kappa shape index (κ1) is 35.2. The van der Waals surface area contributed by atoms with Gasteiger partial charge in [0.15, 0.2) is 0 Å². The van der Waals surface area contributed by atoms with Crippen LogP contribution in [0.2, 0.25) is 0 Å². The van der Waals surface area contributed by atoms with Crippen molar-refractivity contribution in [1.29, 1.82) is 0 Å². The van der Waals surface area contributed by atoms with Crippen molar-refractivity contribution in [3.8, 4) is 89.0 Å². The lowest BCUT2D eigenvalue weighted by Crippen LogP contribution is -1.95. The molecule has 0 radical (unpaired) electrons. The van der Waals surface area contributed by atoms with Crippen LogP contribution in [0.5, 0.6) is 0 Å². The summed E-state index contributed by atoms with van der Waals surface area (Å²) >= 11 is 0. The Balaban J connectivity index is 1.06. The highest BCUT2D eigenvalue weighted by Gasteiger charge is 2.38. The maximum Gasteiger partial charge on any atom is -0.000705 e. The third kappa shape index (κ3) is 4.65. The summed E-state index contributed by atoms with van der Waals surface area (Å²) in [6.45, 7) is 0. The fourth-order valence-corrected chi connectivity index (χ4v) is 12.5. The lowest BCUT2D eigenvalue weighted by molar-refractivity contribution is 1.30. The largest absolute Gasteiger partial charge is 0.0622 e. The van der Waals surface area contributed by atoms with Crippen LogP contribution in [0.15, 0.2) is 218 Å². The molecule has 0 unspecified atom stereocenters. The lowest BCUT2D eigenvalue weighted by atomic mass is 9.82. The monoisotopic (exact) mass is 818 g/mol. The Morgan fingerprint density at radius 2 is 0.585 bits per heavy atom. The second-order valence-electron chi connectivity index (χ2n) is 18.1. The van der Waals surface area contributed by atoms with E-state index in [0.29, 0.717) is 0 Å². The molecule has 0 saturated heterocycles. The van der Waals surface area contributed by atoms with E-state index in [4.69, 9.17) is 0 Å². The van der Waals surface area contributed by atoms with E-state index in [9.17, 15) is 0 Å². The van der Waals surface area contributed by atoms with Gasteiger partial charge in [0.1, 0.15) is 0 Å². The Morgan fingerprint density at radius 1 is 0.231 bits per heavy atom. The van der Waals surface area contributed by atoms with Gasteiger partial charge in [-0.15, -0.1) is 0 Å². The number of benzene rings is 11. The molecule has 0 saturated carbocycles. The molecule has 0 aliphatic heterocycles. The molecule has 0 nitrogen and oxygen atoms in total. The molecule has 2 bridgehead atoms. The quantitative estimate of drug-likeness (QED) is 0.166. The van der Waals surface area contributed by atoms with Gasteiger partial charge in [-0.1, -0.05) is 218 Å². The van der Waals surface area contributed by atoms with E-state index < -0.39 is 0 Å². The Kier molecular flexibility index (Phi) is 7.10. The maximum atomic E-state index is 2.48. The first-order valence-corrected chi connectivity index (χ1v) is 22.9. The summed E-state index contributed by atoms with van der Waals surface area (Å²) in [7, 11) is 0. The summed E-state index contributed by atoms with van der Waals surface area (Å²) in [6, 6.07) is 77.3. The van der Waals surface area contributed by atoms with Crippen molar-refractivity contribution in [2.45, 2.75) is 6.42 Å². The first-order valence-electron chi connectivity index (χ1n) is 22.9. The van der Waals surface area contributed by atoms with Gasteiger partial charge in [0.05, 0.1) is 0 Å². The summed E-state index contributed by atoms with van der Waals surface area (Å²) < 4.78 is 0.